The third-order valence-corrected chi connectivity index (χ3v) is 3.39. The van der Waals surface area contributed by atoms with Gasteiger partial charge in [0.1, 0.15) is 5.69 Å². The maximum Gasteiger partial charge on any atom is 0.223 e. The fraction of sp³-hybridized carbons (Fsp3) is 0.312. The van der Waals surface area contributed by atoms with Crippen LogP contribution in [-0.4, -0.2) is 26.7 Å². The first-order chi connectivity index (χ1) is 10.7. The Morgan fingerprint density at radius 3 is 2.55 bits per heavy atom. The Hall–Kier alpha value is -2.47. The van der Waals surface area contributed by atoms with Crippen LogP contribution < -0.4 is 0 Å². The highest BCUT2D eigenvalue weighted by Crippen LogP contribution is 2.19. The van der Waals surface area contributed by atoms with Crippen LogP contribution in [0.1, 0.15) is 24.4 Å². The van der Waals surface area contributed by atoms with Crippen molar-refractivity contribution >= 4 is 0 Å². The van der Waals surface area contributed by atoms with Crippen molar-refractivity contribution in [2.24, 2.45) is 0 Å². The first kappa shape index (κ1) is 14.5. The van der Waals surface area contributed by atoms with Gasteiger partial charge >= 0.3 is 0 Å². The van der Waals surface area contributed by atoms with E-state index in [-0.39, 0.29) is 0 Å². The van der Waals surface area contributed by atoms with E-state index in [2.05, 4.69) is 27.1 Å². The first-order valence-electron chi connectivity index (χ1n) is 7.27. The molecule has 0 unspecified atom stereocenters. The highest BCUT2D eigenvalue weighted by molar-refractivity contribution is 5.58. The Kier molecular flexibility index (Phi) is 4.29. The van der Waals surface area contributed by atoms with Crippen LogP contribution in [0.25, 0.3) is 11.3 Å². The second-order valence-electron chi connectivity index (χ2n) is 5.08. The molecule has 0 saturated carbocycles. The van der Waals surface area contributed by atoms with E-state index >= 15 is 0 Å². The second-order valence-corrected chi connectivity index (χ2v) is 5.08. The molecular weight excluding hydrogens is 280 g/mol. The number of aryl methyl sites for hydroxylation is 1. The van der Waals surface area contributed by atoms with Crippen molar-refractivity contribution in [3.8, 4) is 11.3 Å². The van der Waals surface area contributed by atoms with Crippen molar-refractivity contribution in [3.05, 3.63) is 53.9 Å². The minimum absolute atomic E-state index is 0.581. The Balaban J connectivity index is 1.68. The molecule has 0 amide bonds. The Bertz CT molecular complexity index is 721. The van der Waals surface area contributed by atoms with Crippen LogP contribution in [0.3, 0.4) is 0 Å². The SMILES string of the molecule is CCN(Cc1noc(C)n1)Cc1cc(-c2ccccc2)no1. The van der Waals surface area contributed by atoms with E-state index in [1.54, 1.807) is 6.92 Å². The lowest BCUT2D eigenvalue weighted by molar-refractivity contribution is 0.226. The third kappa shape index (κ3) is 3.40. The smallest absolute Gasteiger partial charge is 0.223 e. The zero-order chi connectivity index (χ0) is 15.4. The van der Waals surface area contributed by atoms with Crippen LogP contribution in [0.2, 0.25) is 0 Å². The Morgan fingerprint density at radius 2 is 1.86 bits per heavy atom. The summed E-state index contributed by atoms with van der Waals surface area (Å²) in [5.74, 6) is 2.08. The number of aromatic nitrogens is 3. The second kappa shape index (κ2) is 6.53. The lowest BCUT2D eigenvalue weighted by atomic mass is 10.1. The highest BCUT2D eigenvalue weighted by Gasteiger charge is 2.13. The first-order valence-corrected chi connectivity index (χ1v) is 7.27. The summed E-state index contributed by atoms with van der Waals surface area (Å²) in [6.07, 6.45) is 0. The lowest BCUT2D eigenvalue weighted by Crippen LogP contribution is -2.22. The average molecular weight is 298 g/mol. The molecular formula is C16H18N4O2. The largest absolute Gasteiger partial charge is 0.359 e. The van der Waals surface area contributed by atoms with Crippen LogP contribution in [0.5, 0.6) is 0 Å². The molecule has 0 fully saturated rings. The van der Waals surface area contributed by atoms with Gasteiger partial charge in [0.2, 0.25) is 5.89 Å². The molecule has 0 atom stereocenters. The molecule has 0 aliphatic carbocycles. The summed E-state index contributed by atoms with van der Waals surface area (Å²) < 4.78 is 10.4. The van der Waals surface area contributed by atoms with Crippen molar-refractivity contribution in [2.45, 2.75) is 26.9 Å². The van der Waals surface area contributed by atoms with Gasteiger partial charge in [-0.2, -0.15) is 4.98 Å². The van der Waals surface area contributed by atoms with E-state index in [9.17, 15) is 0 Å². The van der Waals surface area contributed by atoms with E-state index in [1.165, 1.54) is 0 Å². The van der Waals surface area contributed by atoms with Gasteiger partial charge in [-0.05, 0) is 6.54 Å². The molecule has 0 aliphatic rings. The van der Waals surface area contributed by atoms with Crippen molar-refractivity contribution in [2.75, 3.05) is 6.54 Å². The molecule has 3 aromatic rings. The normalized spacial score (nSPS) is 11.2. The fourth-order valence-electron chi connectivity index (χ4n) is 2.24. The molecule has 2 aromatic heterocycles. The minimum atomic E-state index is 0.581. The van der Waals surface area contributed by atoms with Crippen LogP contribution in [0.15, 0.2) is 45.4 Å². The van der Waals surface area contributed by atoms with E-state index < -0.39 is 0 Å². The number of hydrogen-bond acceptors (Lipinski definition) is 6. The summed E-state index contributed by atoms with van der Waals surface area (Å²) in [5.41, 5.74) is 1.90. The van der Waals surface area contributed by atoms with Crippen molar-refractivity contribution < 1.29 is 9.05 Å². The molecule has 22 heavy (non-hydrogen) atoms. The number of nitrogens with zero attached hydrogens (tertiary/aromatic N) is 4. The predicted octanol–water partition coefficient (Wildman–Crippen LogP) is 3.06. The van der Waals surface area contributed by atoms with Gasteiger partial charge in [0.15, 0.2) is 11.6 Å². The summed E-state index contributed by atoms with van der Waals surface area (Å²) in [4.78, 5) is 6.39. The fourth-order valence-corrected chi connectivity index (χ4v) is 2.24. The molecule has 114 valence electrons. The van der Waals surface area contributed by atoms with Crippen molar-refractivity contribution in [1.82, 2.24) is 20.2 Å². The maximum absolute atomic E-state index is 5.44. The minimum Gasteiger partial charge on any atom is -0.359 e. The number of benzene rings is 1. The van der Waals surface area contributed by atoms with E-state index in [4.69, 9.17) is 9.05 Å². The maximum atomic E-state index is 5.44. The van der Waals surface area contributed by atoms with Gasteiger partial charge in [0.25, 0.3) is 0 Å². The lowest BCUT2D eigenvalue weighted by Gasteiger charge is -2.15. The molecule has 6 heteroatoms. The van der Waals surface area contributed by atoms with Gasteiger partial charge in [-0.15, -0.1) is 0 Å². The standard InChI is InChI=1S/C16H18N4O2/c1-3-20(11-16-17-12(2)21-19-16)10-14-9-15(18-22-14)13-7-5-4-6-8-13/h4-9H,3,10-11H2,1-2H3. The molecule has 0 aliphatic heterocycles. The third-order valence-electron chi connectivity index (χ3n) is 3.39. The summed E-state index contributed by atoms with van der Waals surface area (Å²) in [7, 11) is 0. The van der Waals surface area contributed by atoms with Crippen LogP contribution >= 0.6 is 0 Å². The molecule has 0 bridgehead atoms. The van der Waals surface area contributed by atoms with Gasteiger partial charge in [0, 0.05) is 18.6 Å². The van der Waals surface area contributed by atoms with Gasteiger partial charge in [0.05, 0.1) is 13.1 Å². The van der Waals surface area contributed by atoms with Crippen LogP contribution in [0, 0.1) is 6.92 Å². The number of rotatable bonds is 6. The van der Waals surface area contributed by atoms with Gasteiger partial charge in [-0.25, -0.2) is 0 Å². The molecule has 0 spiro atoms. The monoisotopic (exact) mass is 298 g/mol. The highest BCUT2D eigenvalue weighted by atomic mass is 16.5. The Labute approximate surface area is 128 Å². The summed E-state index contributed by atoms with van der Waals surface area (Å²) in [6.45, 7) is 6.00. The van der Waals surface area contributed by atoms with Gasteiger partial charge in [-0.1, -0.05) is 47.6 Å². The quantitative estimate of drug-likeness (QED) is 0.696. The molecule has 1 aromatic carbocycles. The average Bonchev–Trinajstić information content (AvgIpc) is 3.17. The Morgan fingerprint density at radius 1 is 1.05 bits per heavy atom. The van der Waals surface area contributed by atoms with Gasteiger partial charge < -0.3 is 9.05 Å². The number of hydrogen-bond donors (Lipinski definition) is 0. The van der Waals surface area contributed by atoms with E-state index in [0.717, 1.165) is 23.6 Å². The van der Waals surface area contributed by atoms with Gasteiger partial charge in [-0.3, -0.25) is 4.90 Å². The molecule has 0 saturated heterocycles. The van der Waals surface area contributed by atoms with E-state index in [1.807, 2.05) is 36.4 Å². The summed E-state index contributed by atoms with van der Waals surface area (Å²) >= 11 is 0. The zero-order valence-corrected chi connectivity index (χ0v) is 12.7. The molecule has 3 rings (SSSR count). The molecule has 0 N–H and O–H groups in total. The van der Waals surface area contributed by atoms with Crippen molar-refractivity contribution in [1.29, 1.82) is 0 Å². The predicted molar refractivity (Wildman–Crippen MR) is 80.8 cm³/mol. The summed E-state index contributed by atoms with van der Waals surface area (Å²) in [6, 6.07) is 12.0. The topological polar surface area (TPSA) is 68.2 Å². The van der Waals surface area contributed by atoms with Crippen molar-refractivity contribution in [3.63, 3.8) is 0 Å². The van der Waals surface area contributed by atoms with Crippen LogP contribution in [0.4, 0.5) is 0 Å². The molecule has 0 radical (unpaired) electrons. The van der Waals surface area contributed by atoms with Crippen LogP contribution in [-0.2, 0) is 13.1 Å². The molecule has 2 heterocycles. The molecule has 6 nitrogen and oxygen atoms in total. The van der Waals surface area contributed by atoms with E-state index in [0.29, 0.717) is 24.8 Å². The summed E-state index contributed by atoms with van der Waals surface area (Å²) in [5, 5.41) is 8.06. The zero-order valence-electron chi connectivity index (χ0n) is 12.7.